The summed E-state index contributed by atoms with van der Waals surface area (Å²) < 4.78 is 0. The quantitative estimate of drug-likeness (QED) is 0.795. The number of rotatable bonds is 3. The number of amides is 1. The third kappa shape index (κ3) is 3.50. The summed E-state index contributed by atoms with van der Waals surface area (Å²) in [6, 6.07) is 6.83. The highest BCUT2D eigenvalue weighted by atomic mass is 16.2. The van der Waals surface area contributed by atoms with E-state index in [1.54, 1.807) is 0 Å². The Morgan fingerprint density at radius 3 is 2.62 bits per heavy atom. The van der Waals surface area contributed by atoms with Crippen molar-refractivity contribution in [3.63, 3.8) is 0 Å². The molecule has 0 aromatic carbocycles. The van der Waals surface area contributed by atoms with Gasteiger partial charge in [-0.05, 0) is 45.5 Å². The Balaban J connectivity index is 1.34. The summed E-state index contributed by atoms with van der Waals surface area (Å²) >= 11 is 0. The van der Waals surface area contributed by atoms with Gasteiger partial charge in [0.2, 0.25) is 5.91 Å². The summed E-state index contributed by atoms with van der Waals surface area (Å²) in [5, 5.41) is 0. The number of likely N-dealkylation sites (tertiary alicyclic amines) is 2. The number of aromatic nitrogens is 1. The van der Waals surface area contributed by atoms with E-state index in [0.717, 1.165) is 63.6 Å². The largest absolute Gasteiger partial charge is 0.339 e. The van der Waals surface area contributed by atoms with Gasteiger partial charge in [0, 0.05) is 57.5 Å². The second kappa shape index (κ2) is 7.25. The second-order valence-corrected chi connectivity index (χ2v) is 8.34. The van der Waals surface area contributed by atoms with Gasteiger partial charge in [0.15, 0.2) is 0 Å². The molecule has 6 nitrogen and oxygen atoms in total. The van der Waals surface area contributed by atoms with E-state index in [1.807, 2.05) is 13.0 Å². The summed E-state index contributed by atoms with van der Waals surface area (Å²) in [6.45, 7) is 8.82. The molecule has 0 N–H and O–H groups in total. The number of fused-ring (bicyclic) bond motifs is 1. The molecular formula is C20H31N5O. The predicted molar refractivity (Wildman–Crippen MR) is 102 cm³/mol. The molecule has 0 aliphatic carbocycles. The molecule has 6 heteroatoms. The molecule has 142 valence electrons. The van der Waals surface area contributed by atoms with Crippen LogP contribution in [0.25, 0.3) is 0 Å². The Bertz CT molecular complexity index is 657. The van der Waals surface area contributed by atoms with E-state index in [2.05, 4.69) is 50.8 Å². The standard InChI is InChI=1S/C20H31N5O/c1-15-5-4-6-17(21-15)13-24-12-16-11-18(23(3)19(16)14-24)20(26)25-9-7-22(2)8-10-25/h4-6,16,18-19H,7-14H2,1-3H3/t16-,18-,19+/m0/s1. The highest BCUT2D eigenvalue weighted by Gasteiger charge is 2.48. The van der Waals surface area contributed by atoms with Crippen LogP contribution < -0.4 is 0 Å². The molecule has 0 unspecified atom stereocenters. The Labute approximate surface area is 156 Å². The molecule has 0 radical (unpaired) electrons. The van der Waals surface area contributed by atoms with Crippen LogP contribution in [0.15, 0.2) is 18.2 Å². The van der Waals surface area contributed by atoms with E-state index < -0.39 is 0 Å². The number of carbonyl (C=O) groups excluding carboxylic acids is 1. The van der Waals surface area contributed by atoms with Crippen LogP contribution in [0.3, 0.4) is 0 Å². The maximum atomic E-state index is 13.0. The Morgan fingerprint density at radius 1 is 1.15 bits per heavy atom. The van der Waals surface area contributed by atoms with Crippen molar-refractivity contribution in [3.8, 4) is 0 Å². The highest BCUT2D eigenvalue weighted by molar-refractivity contribution is 5.82. The van der Waals surface area contributed by atoms with Gasteiger partial charge in [0.1, 0.15) is 0 Å². The van der Waals surface area contributed by atoms with E-state index in [0.29, 0.717) is 17.9 Å². The fourth-order valence-corrected chi connectivity index (χ4v) is 4.88. The molecule has 1 aromatic heterocycles. The maximum Gasteiger partial charge on any atom is 0.240 e. The predicted octanol–water partition coefficient (Wildman–Crippen LogP) is 0.669. The molecule has 0 bridgehead atoms. The molecule has 3 aliphatic heterocycles. The van der Waals surface area contributed by atoms with Crippen molar-refractivity contribution in [2.75, 3.05) is 53.4 Å². The molecule has 3 fully saturated rings. The Morgan fingerprint density at radius 2 is 1.92 bits per heavy atom. The normalized spacial score (nSPS) is 30.7. The Hall–Kier alpha value is -1.50. The van der Waals surface area contributed by atoms with Crippen molar-refractivity contribution in [3.05, 3.63) is 29.6 Å². The van der Waals surface area contributed by atoms with Crippen molar-refractivity contribution in [2.45, 2.75) is 32.0 Å². The molecule has 1 aromatic rings. The maximum absolute atomic E-state index is 13.0. The molecular weight excluding hydrogens is 326 g/mol. The number of pyridine rings is 1. The van der Waals surface area contributed by atoms with E-state index >= 15 is 0 Å². The van der Waals surface area contributed by atoms with Gasteiger partial charge < -0.3 is 9.80 Å². The van der Waals surface area contributed by atoms with Crippen LogP contribution in [0.5, 0.6) is 0 Å². The molecule has 4 heterocycles. The van der Waals surface area contributed by atoms with Crippen molar-refractivity contribution >= 4 is 5.91 Å². The molecule has 3 saturated heterocycles. The van der Waals surface area contributed by atoms with Gasteiger partial charge >= 0.3 is 0 Å². The van der Waals surface area contributed by atoms with E-state index in [9.17, 15) is 4.79 Å². The zero-order valence-corrected chi connectivity index (χ0v) is 16.3. The number of likely N-dealkylation sites (N-methyl/N-ethyl adjacent to an activating group) is 2. The SMILES string of the molecule is Cc1cccc(CN2C[C@@H]3C[C@@H](C(=O)N4CCN(C)CC4)N(C)[C@@H]3C2)n1. The van der Waals surface area contributed by atoms with E-state index in [1.165, 1.54) is 0 Å². The molecule has 1 amide bonds. The van der Waals surface area contributed by atoms with Crippen LogP contribution >= 0.6 is 0 Å². The topological polar surface area (TPSA) is 42.9 Å². The summed E-state index contributed by atoms with van der Waals surface area (Å²) in [5.41, 5.74) is 2.23. The van der Waals surface area contributed by atoms with Crippen molar-refractivity contribution in [1.29, 1.82) is 0 Å². The molecule has 26 heavy (non-hydrogen) atoms. The first kappa shape index (κ1) is 17.9. The monoisotopic (exact) mass is 357 g/mol. The van der Waals surface area contributed by atoms with Crippen molar-refractivity contribution in [2.24, 2.45) is 5.92 Å². The molecule has 3 atom stereocenters. The zero-order chi connectivity index (χ0) is 18.3. The minimum atomic E-state index is 0.0765. The van der Waals surface area contributed by atoms with Gasteiger partial charge in [-0.25, -0.2) is 0 Å². The number of hydrogen-bond acceptors (Lipinski definition) is 5. The minimum absolute atomic E-state index is 0.0765. The smallest absolute Gasteiger partial charge is 0.240 e. The van der Waals surface area contributed by atoms with Crippen molar-refractivity contribution in [1.82, 2.24) is 24.6 Å². The van der Waals surface area contributed by atoms with Crippen LogP contribution in [0.1, 0.15) is 17.8 Å². The number of nitrogens with zero attached hydrogens (tertiary/aromatic N) is 5. The van der Waals surface area contributed by atoms with Crippen LogP contribution in [-0.4, -0.2) is 95.9 Å². The fraction of sp³-hybridized carbons (Fsp3) is 0.700. The first-order valence-corrected chi connectivity index (χ1v) is 9.85. The highest BCUT2D eigenvalue weighted by Crippen LogP contribution is 2.35. The van der Waals surface area contributed by atoms with Gasteiger partial charge in [-0.3, -0.25) is 19.6 Å². The van der Waals surface area contributed by atoms with Crippen LogP contribution in [-0.2, 0) is 11.3 Å². The van der Waals surface area contributed by atoms with E-state index in [4.69, 9.17) is 0 Å². The van der Waals surface area contributed by atoms with Gasteiger partial charge in [-0.15, -0.1) is 0 Å². The average Bonchev–Trinajstić information content (AvgIpc) is 3.14. The van der Waals surface area contributed by atoms with E-state index in [-0.39, 0.29) is 6.04 Å². The fourth-order valence-electron chi connectivity index (χ4n) is 4.88. The van der Waals surface area contributed by atoms with Gasteiger partial charge in [0.25, 0.3) is 0 Å². The summed E-state index contributed by atoms with van der Waals surface area (Å²) in [6.07, 6.45) is 1.00. The number of carbonyl (C=O) groups is 1. The lowest BCUT2D eigenvalue weighted by Crippen LogP contribution is -2.53. The summed E-state index contributed by atoms with van der Waals surface area (Å²) in [5.74, 6) is 0.952. The minimum Gasteiger partial charge on any atom is -0.339 e. The second-order valence-electron chi connectivity index (χ2n) is 8.34. The molecule has 4 rings (SSSR count). The number of hydrogen-bond donors (Lipinski definition) is 0. The van der Waals surface area contributed by atoms with Gasteiger partial charge in [0.05, 0.1) is 11.7 Å². The first-order valence-electron chi connectivity index (χ1n) is 9.85. The summed E-state index contributed by atoms with van der Waals surface area (Å²) in [7, 11) is 4.28. The first-order chi connectivity index (χ1) is 12.5. The van der Waals surface area contributed by atoms with Crippen LogP contribution in [0.4, 0.5) is 0 Å². The number of piperazine rings is 1. The molecule has 0 saturated carbocycles. The summed E-state index contributed by atoms with van der Waals surface area (Å²) in [4.78, 5) is 26.9. The van der Waals surface area contributed by atoms with Crippen molar-refractivity contribution < 1.29 is 4.79 Å². The van der Waals surface area contributed by atoms with Crippen LogP contribution in [0.2, 0.25) is 0 Å². The van der Waals surface area contributed by atoms with Gasteiger partial charge in [-0.1, -0.05) is 6.07 Å². The lowest BCUT2D eigenvalue weighted by Gasteiger charge is -2.36. The Kier molecular flexibility index (Phi) is 4.99. The molecule has 3 aliphatic rings. The lowest BCUT2D eigenvalue weighted by atomic mass is 10.0. The number of aryl methyl sites for hydroxylation is 1. The zero-order valence-electron chi connectivity index (χ0n) is 16.3. The lowest BCUT2D eigenvalue weighted by molar-refractivity contribution is -0.137. The van der Waals surface area contributed by atoms with Crippen LogP contribution in [0, 0.1) is 12.8 Å². The van der Waals surface area contributed by atoms with Gasteiger partial charge in [-0.2, -0.15) is 0 Å². The third-order valence-electron chi connectivity index (χ3n) is 6.45. The average molecular weight is 358 g/mol. The third-order valence-corrected chi connectivity index (χ3v) is 6.45. The molecule has 0 spiro atoms.